The average Bonchev–Trinajstić information content (AvgIpc) is 2.95. The smallest absolute Gasteiger partial charge is 0.246 e. The van der Waals surface area contributed by atoms with E-state index in [1.54, 1.807) is 16.7 Å². The van der Waals surface area contributed by atoms with Gasteiger partial charge in [-0.25, -0.2) is 4.98 Å². The molecule has 0 saturated heterocycles. The average molecular weight is 369 g/mol. The van der Waals surface area contributed by atoms with Crippen molar-refractivity contribution in [2.75, 3.05) is 22.5 Å². The Morgan fingerprint density at radius 2 is 1.96 bits per heavy atom. The SMILES string of the molecule is O=C(CN1C(=O)CCSc2ccccc21)Nc1nc2ccccc2s1. The summed E-state index contributed by atoms with van der Waals surface area (Å²) >= 11 is 3.07. The van der Waals surface area contributed by atoms with Gasteiger partial charge in [-0.1, -0.05) is 35.6 Å². The van der Waals surface area contributed by atoms with Gasteiger partial charge in [0.1, 0.15) is 6.54 Å². The number of hydrogen-bond acceptors (Lipinski definition) is 5. The Hall–Kier alpha value is -2.38. The van der Waals surface area contributed by atoms with Gasteiger partial charge in [0, 0.05) is 17.1 Å². The Morgan fingerprint density at radius 1 is 1.16 bits per heavy atom. The number of nitrogens with one attached hydrogen (secondary N) is 1. The summed E-state index contributed by atoms with van der Waals surface area (Å²) in [7, 11) is 0. The van der Waals surface area contributed by atoms with Gasteiger partial charge in [-0.2, -0.15) is 0 Å². The van der Waals surface area contributed by atoms with E-state index in [-0.39, 0.29) is 18.4 Å². The van der Waals surface area contributed by atoms with Crippen LogP contribution in [-0.4, -0.2) is 29.1 Å². The van der Waals surface area contributed by atoms with Gasteiger partial charge in [0.2, 0.25) is 11.8 Å². The van der Waals surface area contributed by atoms with Gasteiger partial charge in [0.05, 0.1) is 15.9 Å². The fourth-order valence-corrected chi connectivity index (χ4v) is 4.60. The van der Waals surface area contributed by atoms with Gasteiger partial charge in [0.25, 0.3) is 0 Å². The van der Waals surface area contributed by atoms with Crippen LogP contribution in [0.15, 0.2) is 53.4 Å². The molecule has 2 heterocycles. The molecule has 0 unspecified atom stereocenters. The van der Waals surface area contributed by atoms with E-state index in [2.05, 4.69) is 10.3 Å². The first-order valence-corrected chi connectivity index (χ1v) is 9.68. The maximum Gasteiger partial charge on any atom is 0.246 e. The number of thiazole rings is 1. The highest BCUT2D eigenvalue weighted by Crippen LogP contribution is 2.34. The monoisotopic (exact) mass is 369 g/mol. The number of hydrogen-bond donors (Lipinski definition) is 1. The third-order valence-electron chi connectivity index (χ3n) is 3.87. The van der Waals surface area contributed by atoms with Crippen molar-refractivity contribution in [2.24, 2.45) is 0 Å². The summed E-state index contributed by atoms with van der Waals surface area (Å²) in [5, 5.41) is 3.37. The zero-order valence-electron chi connectivity index (χ0n) is 13.3. The molecule has 1 aliphatic rings. The van der Waals surface area contributed by atoms with Crippen molar-refractivity contribution in [3.63, 3.8) is 0 Å². The molecule has 2 amide bonds. The molecule has 3 aromatic rings. The number of aromatic nitrogens is 1. The predicted molar refractivity (Wildman–Crippen MR) is 102 cm³/mol. The van der Waals surface area contributed by atoms with Gasteiger partial charge in [-0.15, -0.1) is 11.8 Å². The molecule has 126 valence electrons. The molecule has 0 spiro atoms. The standard InChI is InChI=1S/C18H15N3O2S2/c22-16(20-18-19-12-5-1-3-7-14(12)25-18)11-21-13-6-2-4-8-15(13)24-10-9-17(21)23/h1-8H,9-11H2,(H,19,20,22). The Kier molecular flexibility index (Phi) is 4.42. The lowest BCUT2D eigenvalue weighted by atomic mass is 10.2. The van der Waals surface area contributed by atoms with Crippen LogP contribution in [0.4, 0.5) is 10.8 Å². The molecule has 25 heavy (non-hydrogen) atoms. The number of carbonyl (C=O) groups excluding carboxylic acids is 2. The zero-order valence-corrected chi connectivity index (χ0v) is 14.9. The first kappa shape index (κ1) is 16.1. The van der Waals surface area contributed by atoms with Crippen molar-refractivity contribution < 1.29 is 9.59 Å². The van der Waals surface area contributed by atoms with Crippen molar-refractivity contribution in [1.82, 2.24) is 4.98 Å². The largest absolute Gasteiger partial charge is 0.302 e. The minimum absolute atomic E-state index is 0.00761. The molecule has 0 aliphatic carbocycles. The highest BCUT2D eigenvalue weighted by Gasteiger charge is 2.24. The van der Waals surface area contributed by atoms with E-state index >= 15 is 0 Å². The van der Waals surface area contributed by atoms with Gasteiger partial charge in [-0.3, -0.25) is 9.59 Å². The summed E-state index contributed by atoms with van der Waals surface area (Å²) in [6, 6.07) is 15.4. The van der Waals surface area contributed by atoms with Crippen molar-refractivity contribution in [3.8, 4) is 0 Å². The van der Waals surface area contributed by atoms with E-state index in [1.165, 1.54) is 11.3 Å². The van der Waals surface area contributed by atoms with Crippen LogP contribution in [0.1, 0.15) is 6.42 Å². The molecule has 0 fully saturated rings. The number of rotatable bonds is 3. The minimum Gasteiger partial charge on any atom is -0.302 e. The van der Waals surface area contributed by atoms with Crippen LogP contribution in [-0.2, 0) is 9.59 Å². The van der Waals surface area contributed by atoms with E-state index in [9.17, 15) is 9.59 Å². The number of thioether (sulfide) groups is 1. The molecule has 2 aromatic carbocycles. The molecular formula is C18H15N3O2S2. The van der Waals surface area contributed by atoms with E-state index in [1.807, 2.05) is 48.5 Å². The second kappa shape index (κ2) is 6.85. The molecule has 1 aromatic heterocycles. The quantitative estimate of drug-likeness (QED) is 0.763. The predicted octanol–water partition coefficient (Wildman–Crippen LogP) is 3.76. The molecule has 0 atom stereocenters. The molecule has 0 radical (unpaired) electrons. The van der Waals surface area contributed by atoms with Crippen molar-refractivity contribution in [1.29, 1.82) is 0 Å². The molecule has 5 nitrogen and oxygen atoms in total. The summed E-state index contributed by atoms with van der Waals surface area (Å²) in [5.74, 6) is 0.456. The van der Waals surface area contributed by atoms with Crippen LogP contribution in [0, 0.1) is 0 Å². The van der Waals surface area contributed by atoms with Crippen LogP contribution < -0.4 is 10.2 Å². The first-order valence-electron chi connectivity index (χ1n) is 7.88. The number of benzene rings is 2. The molecular weight excluding hydrogens is 354 g/mol. The molecule has 1 N–H and O–H groups in total. The maximum atomic E-state index is 12.5. The lowest BCUT2D eigenvalue weighted by Crippen LogP contribution is -2.37. The lowest BCUT2D eigenvalue weighted by Gasteiger charge is -2.21. The van der Waals surface area contributed by atoms with Gasteiger partial charge < -0.3 is 10.2 Å². The van der Waals surface area contributed by atoms with E-state index in [4.69, 9.17) is 0 Å². The normalized spacial score (nSPS) is 14.2. The number of para-hydroxylation sites is 2. The lowest BCUT2D eigenvalue weighted by molar-refractivity contribution is -0.121. The van der Waals surface area contributed by atoms with Crippen LogP contribution in [0.25, 0.3) is 10.2 Å². The second-order valence-corrected chi connectivity index (χ2v) is 7.75. The van der Waals surface area contributed by atoms with E-state index in [0.29, 0.717) is 11.6 Å². The van der Waals surface area contributed by atoms with Crippen molar-refractivity contribution >= 4 is 55.9 Å². The zero-order chi connectivity index (χ0) is 17.2. The first-order chi connectivity index (χ1) is 12.2. The summed E-state index contributed by atoms with van der Waals surface area (Å²) < 4.78 is 1.02. The number of anilines is 2. The summed E-state index contributed by atoms with van der Waals surface area (Å²) in [6.07, 6.45) is 0.424. The highest BCUT2D eigenvalue weighted by molar-refractivity contribution is 7.99. The van der Waals surface area contributed by atoms with Gasteiger partial charge in [-0.05, 0) is 24.3 Å². The van der Waals surface area contributed by atoms with Crippen LogP contribution >= 0.6 is 23.1 Å². The fraction of sp³-hybridized carbons (Fsp3) is 0.167. The molecule has 0 bridgehead atoms. The maximum absolute atomic E-state index is 12.5. The molecule has 4 rings (SSSR count). The second-order valence-electron chi connectivity index (χ2n) is 5.58. The van der Waals surface area contributed by atoms with Gasteiger partial charge in [0.15, 0.2) is 5.13 Å². The van der Waals surface area contributed by atoms with Crippen LogP contribution in [0.3, 0.4) is 0 Å². The fourth-order valence-electron chi connectivity index (χ4n) is 2.72. The minimum atomic E-state index is -0.242. The Morgan fingerprint density at radius 3 is 2.84 bits per heavy atom. The Balaban J connectivity index is 1.54. The number of fused-ring (bicyclic) bond motifs is 2. The van der Waals surface area contributed by atoms with Crippen LogP contribution in [0.2, 0.25) is 0 Å². The number of carbonyl (C=O) groups is 2. The van der Waals surface area contributed by atoms with Crippen LogP contribution in [0.5, 0.6) is 0 Å². The molecule has 1 aliphatic heterocycles. The highest BCUT2D eigenvalue weighted by atomic mass is 32.2. The van der Waals surface area contributed by atoms with E-state index in [0.717, 1.165) is 26.6 Å². The summed E-state index contributed by atoms with van der Waals surface area (Å²) in [6.45, 7) is -0.00761. The topological polar surface area (TPSA) is 62.3 Å². The Labute approximate surface area is 153 Å². The summed E-state index contributed by atoms with van der Waals surface area (Å²) in [4.78, 5) is 31.9. The van der Waals surface area contributed by atoms with Gasteiger partial charge >= 0.3 is 0 Å². The Bertz CT molecular complexity index is 921. The van der Waals surface area contributed by atoms with Crippen molar-refractivity contribution in [2.45, 2.75) is 11.3 Å². The van der Waals surface area contributed by atoms with Crippen molar-refractivity contribution in [3.05, 3.63) is 48.5 Å². The molecule has 0 saturated carbocycles. The number of nitrogens with zero attached hydrogens (tertiary/aromatic N) is 2. The third kappa shape index (κ3) is 3.38. The third-order valence-corrected chi connectivity index (χ3v) is 5.89. The molecule has 7 heteroatoms. The number of amides is 2. The summed E-state index contributed by atoms with van der Waals surface area (Å²) in [5.41, 5.74) is 1.66. The van der Waals surface area contributed by atoms with E-state index < -0.39 is 0 Å².